The molecular weight excluding hydrogens is 330 g/mol. The number of aryl methyl sites for hydroxylation is 1. The lowest BCUT2D eigenvalue weighted by molar-refractivity contribution is -0.0465. The SMILES string of the molecule is NC(=O)c1cccnc(-c2ccccc2)c(CCCCC(O)O)ncc1. The molecule has 0 aliphatic rings. The molecule has 2 rings (SSSR count). The Balaban J connectivity index is 2.43. The van der Waals surface area contributed by atoms with Crippen LogP contribution in [0.25, 0.3) is 11.3 Å². The molecule has 0 saturated carbocycles. The molecule has 6 heteroatoms. The standard InChI is InChI=1S/C20H23N3O3/c21-20(26)16-9-6-13-23-19(15-7-2-1-3-8-15)17(22-14-12-16)10-4-5-11-18(24)25/h1-3,6-9,12-14,18,24-25H,4-5,10-11H2,(H2,21,26). The number of amides is 1. The van der Waals surface area contributed by atoms with Crippen LogP contribution in [0.2, 0.25) is 0 Å². The first-order valence-corrected chi connectivity index (χ1v) is 8.47. The van der Waals surface area contributed by atoms with E-state index in [1.54, 1.807) is 30.6 Å². The summed E-state index contributed by atoms with van der Waals surface area (Å²) in [5, 5.41) is 18.0. The van der Waals surface area contributed by atoms with E-state index in [-0.39, 0.29) is 0 Å². The van der Waals surface area contributed by atoms with Crippen LogP contribution >= 0.6 is 0 Å². The van der Waals surface area contributed by atoms with E-state index >= 15 is 0 Å². The van der Waals surface area contributed by atoms with Gasteiger partial charge in [0.2, 0.25) is 5.91 Å². The third-order valence-corrected chi connectivity index (χ3v) is 3.78. The maximum absolute atomic E-state index is 11.4. The normalized spacial score (nSPS) is 10.4. The van der Waals surface area contributed by atoms with Crippen molar-refractivity contribution in [2.75, 3.05) is 0 Å². The maximum Gasteiger partial charge on any atom is 0.248 e. The smallest absolute Gasteiger partial charge is 0.248 e. The molecule has 0 radical (unpaired) electrons. The monoisotopic (exact) mass is 353 g/mol. The van der Waals surface area contributed by atoms with Crippen LogP contribution in [-0.4, -0.2) is 32.4 Å². The fourth-order valence-corrected chi connectivity index (χ4v) is 2.47. The number of carbonyl (C=O) groups is 1. The maximum atomic E-state index is 11.4. The molecule has 0 aliphatic carbocycles. The lowest BCUT2D eigenvalue weighted by Crippen LogP contribution is -2.09. The molecule has 1 aromatic carbocycles. The first kappa shape index (κ1) is 19.5. The number of rotatable bonds is 7. The van der Waals surface area contributed by atoms with Crippen molar-refractivity contribution in [1.82, 2.24) is 9.97 Å². The number of nitrogens with two attached hydrogens (primary N) is 1. The quantitative estimate of drug-likeness (QED) is 0.523. The number of hydrogen-bond acceptors (Lipinski definition) is 5. The molecule has 0 bridgehead atoms. The second-order valence-corrected chi connectivity index (χ2v) is 5.79. The first-order valence-electron chi connectivity index (χ1n) is 8.47. The van der Waals surface area contributed by atoms with Crippen LogP contribution in [0.4, 0.5) is 0 Å². The number of nitrogens with zero attached hydrogens (tertiary/aromatic N) is 2. The van der Waals surface area contributed by atoms with Gasteiger partial charge in [0.05, 0.1) is 11.4 Å². The van der Waals surface area contributed by atoms with Gasteiger partial charge in [-0.1, -0.05) is 30.3 Å². The highest BCUT2D eigenvalue weighted by Gasteiger charge is 2.07. The van der Waals surface area contributed by atoms with Crippen LogP contribution in [0, 0.1) is 0 Å². The molecule has 0 atom stereocenters. The molecule has 4 N–H and O–H groups in total. The van der Waals surface area contributed by atoms with Crippen LogP contribution in [0.3, 0.4) is 0 Å². The predicted molar refractivity (Wildman–Crippen MR) is 99.4 cm³/mol. The number of benzene rings is 1. The van der Waals surface area contributed by atoms with Crippen molar-refractivity contribution in [1.29, 1.82) is 0 Å². The Kier molecular flexibility index (Phi) is 7.67. The van der Waals surface area contributed by atoms with Gasteiger partial charge in [-0.3, -0.25) is 14.8 Å². The van der Waals surface area contributed by atoms with Gasteiger partial charge in [0.15, 0.2) is 6.29 Å². The van der Waals surface area contributed by atoms with Gasteiger partial charge in [-0.05, 0) is 43.9 Å². The van der Waals surface area contributed by atoms with Crippen molar-refractivity contribution in [2.24, 2.45) is 5.73 Å². The number of aliphatic hydroxyl groups is 2. The van der Waals surface area contributed by atoms with E-state index in [2.05, 4.69) is 9.97 Å². The molecule has 0 spiro atoms. The fraction of sp³-hybridized carbons (Fsp3) is 0.250. The van der Waals surface area contributed by atoms with Crippen LogP contribution in [0.5, 0.6) is 0 Å². The molecule has 0 saturated heterocycles. The molecule has 26 heavy (non-hydrogen) atoms. The highest BCUT2D eigenvalue weighted by Crippen LogP contribution is 2.20. The molecule has 0 unspecified atom stereocenters. The van der Waals surface area contributed by atoms with Gasteiger partial charge in [-0.2, -0.15) is 0 Å². The van der Waals surface area contributed by atoms with E-state index in [1.165, 1.54) is 0 Å². The van der Waals surface area contributed by atoms with Crippen LogP contribution in [0.1, 0.15) is 35.3 Å². The molecule has 2 aromatic rings. The largest absolute Gasteiger partial charge is 0.368 e. The Labute approximate surface area is 152 Å². The molecule has 1 amide bonds. The third-order valence-electron chi connectivity index (χ3n) is 3.78. The van der Waals surface area contributed by atoms with Gasteiger partial charge in [0, 0.05) is 23.5 Å². The van der Waals surface area contributed by atoms with E-state index in [0.717, 1.165) is 23.4 Å². The molecular formula is C20H23N3O3. The van der Waals surface area contributed by atoms with Crippen molar-refractivity contribution in [3.63, 3.8) is 0 Å². The van der Waals surface area contributed by atoms with Crippen molar-refractivity contribution in [3.05, 3.63) is 72.2 Å². The van der Waals surface area contributed by atoms with Gasteiger partial charge in [-0.25, -0.2) is 0 Å². The third kappa shape index (κ3) is 6.23. The van der Waals surface area contributed by atoms with Crippen LogP contribution in [0.15, 0.2) is 60.9 Å². The Hall–Kier alpha value is -2.83. The lowest BCUT2D eigenvalue weighted by Gasteiger charge is -2.07. The predicted octanol–water partition coefficient (Wildman–Crippen LogP) is 2.39. The van der Waals surface area contributed by atoms with Gasteiger partial charge >= 0.3 is 0 Å². The zero-order chi connectivity index (χ0) is 18.8. The zero-order valence-corrected chi connectivity index (χ0v) is 14.5. The highest BCUT2D eigenvalue weighted by molar-refractivity contribution is 5.92. The summed E-state index contributed by atoms with van der Waals surface area (Å²) in [4.78, 5) is 20.4. The number of carbonyl (C=O) groups excluding carboxylic acids is 1. The average Bonchev–Trinajstić information content (AvgIpc) is 2.63. The second kappa shape index (κ2) is 10.2. The van der Waals surface area contributed by atoms with E-state index in [4.69, 9.17) is 15.9 Å². The summed E-state index contributed by atoms with van der Waals surface area (Å²) in [6.45, 7) is 0. The summed E-state index contributed by atoms with van der Waals surface area (Å²) < 4.78 is 0. The molecule has 1 heterocycles. The fourth-order valence-electron chi connectivity index (χ4n) is 2.47. The molecule has 0 aliphatic heterocycles. The van der Waals surface area contributed by atoms with Crippen molar-refractivity contribution in [3.8, 4) is 11.3 Å². The number of hydrogen-bond donors (Lipinski definition) is 3. The summed E-state index contributed by atoms with van der Waals surface area (Å²) in [7, 11) is 0. The second-order valence-electron chi connectivity index (χ2n) is 5.79. The van der Waals surface area contributed by atoms with E-state index in [1.807, 2.05) is 30.3 Å². The van der Waals surface area contributed by atoms with E-state index < -0.39 is 12.2 Å². The summed E-state index contributed by atoms with van der Waals surface area (Å²) in [6, 6.07) is 14.5. The first-order chi connectivity index (χ1) is 12.6. The van der Waals surface area contributed by atoms with Crippen molar-refractivity contribution in [2.45, 2.75) is 32.0 Å². The Morgan fingerprint density at radius 1 is 0.962 bits per heavy atom. The van der Waals surface area contributed by atoms with Gasteiger partial charge in [0.25, 0.3) is 0 Å². The zero-order valence-electron chi connectivity index (χ0n) is 14.5. The van der Waals surface area contributed by atoms with Gasteiger partial charge < -0.3 is 15.9 Å². The summed E-state index contributed by atoms with van der Waals surface area (Å²) in [5.41, 5.74) is 8.11. The number of aliphatic hydroxyl groups excluding tert-OH is 1. The van der Waals surface area contributed by atoms with Gasteiger partial charge in [0.1, 0.15) is 0 Å². The Morgan fingerprint density at radius 3 is 2.42 bits per heavy atom. The molecule has 6 nitrogen and oxygen atoms in total. The summed E-state index contributed by atoms with van der Waals surface area (Å²) >= 11 is 0. The highest BCUT2D eigenvalue weighted by atomic mass is 16.5. The molecule has 0 fully saturated rings. The minimum Gasteiger partial charge on any atom is -0.368 e. The van der Waals surface area contributed by atoms with Crippen LogP contribution in [-0.2, 0) is 6.42 Å². The number of unbranched alkanes of at least 4 members (excludes halogenated alkanes) is 1. The van der Waals surface area contributed by atoms with Gasteiger partial charge in [-0.15, -0.1) is 0 Å². The van der Waals surface area contributed by atoms with E-state index in [0.29, 0.717) is 24.8 Å². The molecule has 136 valence electrons. The summed E-state index contributed by atoms with van der Waals surface area (Å²) in [6.07, 6.45) is 4.18. The number of primary amides is 1. The molecule has 1 aromatic heterocycles. The Bertz CT molecular complexity index is 778. The lowest BCUT2D eigenvalue weighted by atomic mass is 10.1. The summed E-state index contributed by atoms with van der Waals surface area (Å²) in [5.74, 6) is -0.535. The minimum absolute atomic E-state index is 0.315. The van der Waals surface area contributed by atoms with E-state index in [9.17, 15) is 4.79 Å². The topological polar surface area (TPSA) is 109 Å². The minimum atomic E-state index is -1.30. The average molecular weight is 353 g/mol. The van der Waals surface area contributed by atoms with Crippen LogP contribution < -0.4 is 5.73 Å². The Morgan fingerprint density at radius 2 is 1.73 bits per heavy atom. The van der Waals surface area contributed by atoms with Crippen molar-refractivity contribution < 1.29 is 15.0 Å². The van der Waals surface area contributed by atoms with Crippen molar-refractivity contribution >= 4 is 5.91 Å². The number of aromatic nitrogens is 2.